The lowest BCUT2D eigenvalue weighted by molar-refractivity contribution is -0.137. The molecule has 1 N–H and O–H groups in total. The lowest BCUT2D eigenvalue weighted by Crippen LogP contribution is -2.34. The van der Waals surface area contributed by atoms with Crippen molar-refractivity contribution in [2.24, 2.45) is 5.92 Å². The van der Waals surface area contributed by atoms with E-state index in [1.807, 2.05) is 0 Å². The average Bonchev–Trinajstić information content (AvgIpc) is 2.80. The highest BCUT2D eigenvalue weighted by molar-refractivity contribution is 5.90. The van der Waals surface area contributed by atoms with Crippen LogP contribution in [0.15, 0.2) is 24.3 Å². The minimum absolute atomic E-state index is 0.00140. The molecule has 1 saturated heterocycles. The van der Waals surface area contributed by atoms with Crippen molar-refractivity contribution < 1.29 is 22.8 Å². The van der Waals surface area contributed by atoms with Crippen LogP contribution in [0, 0.1) is 18.3 Å². The van der Waals surface area contributed by atoms with Gasteiger partial charge in [-0.1, -0.05) is 18.1 Å². The Morgan fingerprint density at radius 2 is 2.00 bits per heavy atom. The summed E-state index contributed by atoms with van der Waals surface area (Å²) >= 11 is 0. The molecular weight excluding hydrogens is 309 g/mol. The molecule has 1 heterocycles. The molecule has 122 valence electrons. The van der Waals surface area contributed by atoms with Crippen LogP contribution in [0.5, 0.6) is 0 Å². The molecular formula is C16H15F3N2O2. The Balaban J connectivity index is 2.28. The van der Waals surface area contributed by atoms with Crippen molar-refractivity contribution in [2.45, 2.75) is 18.6 Å². The fraction of sp³-hybridized carbons (Fsp3) is 0.375. The molecule has 0 radical (unpaired) electrons. The summed E-state index contributed by atoms with van der Waals surface area (Å²) in [5.74, 6) is 0.961. The molecule has 0 aliphatic carbocycles. The molecule has 0 bridgehead atoms. The standard InChI is InChI=1S/C16H15F3N2O2/c1-3-8-20-15(23)12-9-13(22)21(2)14(12)10-4-6-11(7-5-10)16(17,18)19/h1,4-7,12,14H,8-9H2,2H3,(H,20,23)/t12-,14-/m0/s1. The summed E-state index contributed by atoms with van der Waals surface area (Å²) in [5.41, 5.74) is -0.297. The first-order valence-corrected chi connectivity index (χ1v) is 6.89. The van der Waals surface area contributed by atoms with Gasteiger partial charge in [-0.25, -0.2) is 0 Å². The lowest BCUT2D eigenvalue weighted by atomic mass is 9.92. The molecule has 2 rings (SSSR count). The zero-order valence-corrected chi connectivity index (χ0v) is 12.4. The number of nitrogens with one attached hydrogen (secondary N) is 1. The Morgan fingerprint density at radius 3 is 2.52 bits per heavy atom. The van der Waals surface area contributed by atoms with E-state index in [9.17, 15) is 22.8 Å². The van der Waals surface area contributed by atoms with Gasteiger partial charge in [-0.3, -0.25) is 9.59 Å². The van der Waals surface area contributed by atoms with Gasteiger partial charge in [-0.2, -0.15) is 13.2 Å². The molecule has 7 heteroatoms. The van der Waals surface area contributed by atoms with Crippen LogP contribution < -0.4 is 5.32 Å². The molecule has 0 spiro atoms. The van der Waals surface area contributed by atoms with Gasteiger partial charge in [-0.05, 0) is 17.7 Å². The van der Waals surface area contributed by atoms with Crippen LogP contribution in [0.25, 0.3) is 0 Å². The maximum absolute atomic E-state index is 12.6. The number of terminal acetylenes is 1. The van der Waals surface area contributed by atoms with E-state index in [0.717, 1.165) is 12.1 Å². The van der Waals surface area contributed by atoms with Crippen LogP contribution in [-0.4, -0.2) is 30.3 Å². The van der Waals surface area contributed by atoms with Crippen LogP contribution in [0.2, 0.25) is 0 Å². The van der Waals surface area contributed by atoms with Crippen LogP contribution in [0.3, 0.4) is 0 Å². The van der Waals surface area contributed by atoms with E-state index in [1.54, 1.807) is 0 Å². The molecule has 1 aromatic rings. The predicted molar refractivity (Wildman–Crippen MR) is 76.9 cm³/mol. The van der Waals surface area contributed by atoms with Crippen LogP contribution in [-0.2, 0) is 15.8 Å². The number of carbonyl (C=O) groups is 2. The maximum atomic E-state index is 12.6. The number of likely N-dealkylation sites (tertiary alicyclic amines) is 1. The van der Waals surface area contributed by atoms with E-state index < -0.39 is 23.7 Å². The molecule has 1 aliphatic rings. The van der Waals surface area contributed by atoms with Gasteiger partial charge in [0, 0.05) is 13.5 Å². The van der Waals surface area contributed by atoms with E-state index in [1.165, 1.54) is 24.1 Å². The average molecular weight is 324 g/mol. The summed E-state index contributed by atoms with van der Waals surface area (Å²) in [5, 5.41) is 2.52. The summed E-state index contributed by atoms with van der Waals surface area (Å²) in [7, 11) is 1.53. The van der Waals surface area contributed by atoms with Gasteiger partial charge < -0.3 is 10.2 Å². The van der Waals surface area contributed by atoms with Crippen molar-refractivity contribution in [2.75, 3.05) is 13.6 Å². The topological polar surface area (TPSA) is 49.4 Å². The maximum Gasteiger partial charge on any atom is 0.416 e. The Bertz CT molecular complexity index is 647. The van der Waals surface area contributed by atoms with Crippen molar-refractivity contribution in [1.82, 2.24) is 10.2 Å². The minimum atomic E-state index is -4.43. The van der Waals surface area contributed by atoms with Gasteiger partial charge in [0.15, 0.2) is 0 Å². The van der Waals surface area contributed by atoms with Crippen molar-refractivity contribution in [1.29, 1.82) is 0 Å². The number of nitrogens with zero attached hydrogens (tertiary/aromatic N) is 1. The third kappa shape index (κ3) is 3.47. The largest absolute Gasteiger partial charge is 0.416 e. The second-order valence-corrected chi connectivity index (χ2v) is 5.30. The summed E-state index contributed by atoms with van der Waals surface area (Å²) < 4.78 is 37.9. The van der Waals surface area contributed by atoms with E-state index in [4.69, 9.17) is 6.42 Å². The summed E-state index contributed by atoms with van der Waals surface area (Å²) in [6.45, 7) is 0.0347. The number of hydrogen-bond acceptors (Lipinski definition) is 2. The fourth-order valence-electron chi connectivity index (χ4n) is 2.70. The highest BCUT2D eigenvalue weighted by Crippen LogP contribution is 2.38. The second-order valence-electron chi connectivity index (χ2n) is 5.30. The molecule has 0 aromatic heterocycles. The molecule has 2 atom stereocenters. The lowest BCUT2D eigenvalue weighted by Gasteiger charge is -2.25. The fourth-order valence-corrected chi connectivity index (χ4v) is 2.70. The third-order valence-electron chi connectivity index (χ3n) is 3.87. The van der Waals surface area contributed by atoms with Gasteiger partial charge in [0.1, 0.15) is 0 Å². The van der Waals surface area contributed by atoms with E-state index >= 15 is 0 Å². The minimum Gasteiger partial charge on any atom is -0.345 e. The highest BCUT2D eigenvalue weighted by Gasteiger charge is 2.42. The second kappa shape index (κ2) is 6.32. The van der Waals surface area contributed by atoms with E-state index in [-0.39, 0.29) is 24.8 Å². The number of hydrogen-bond donors (Lipinski definition) is 1. The van der Waals surface area contributed by atoms with E-state index in [2.05, 4.69) is 11.2 Å². The third-order valence-corrected chi connectivity index (χ3v) is 3.87. The smallest absolute Gasteiger partial charge is 0.345 e. The molecule has 2 amide bonds. The molecule has 1 fully saturated rings. The first-order valence-electron chi connectivity index (χ1n) is 6.89. The first kappa shape index (κ1) is 16.9. The zero-order valence-electron chi connectivity index (χ0n) is 12.4. The Labute approximate surface area is 131 Å². The Morgan fingerprint density at radius 1 is 1.39 bits per heavy atom. The monoisotopic (exact) mass is 324 g/mol. The number of alkyl halides is 3. The van der Waals surface area contributed by atoms with Gasteiger partial charge in [0.05, 0.1) is 24.1 Å². The Hall–Kier alpha value is -2.49. The quantitative estimate of drug-likeness (QED) is 0.864. The molecule has 0 saturated carbocycles. The molecule has 1 aliphatic heterocycles. The number of rotatable bonds is 3. The number of halogens is 3. The number of carbonyl (C=O) groups excluding carboxylic acids is 2. The van der Waals surface area contributed by atoms with Gasteiger partial charge in [0.2, 0.25) is 11.8 Å². The van der Waals surface area contributed by atoms with Crippen LogP contribution >= 0.6 is 0 Å². The van der Waals surface area contributed by atoms with Crippen molar-refractivity contribution in [3.63, 3.8) is 0 Å². The summed E-state index contributed by atoms with van der Waals surface area (Å²) in [6.07, 6.45) is 0.652. The van der Waals surface area contributed by atoms with Crippen molar-refractivity contribution >= 4 is 11.8 Å². The molecule has 23 heavy (non-hydrogen) atoms. The SMILES string of the molecule is C#CCNC(=O)[C@H]1CC(=O)N(C)[C@H]1c1ccc(C(F)(F)F)cc1. The normalized spacial score (nSPS) is 21.2. The number of amides is 2. The molecule has 0 unspecified atom stereocenters. The summed E-state index contributed by atoms with van der Waals surface area (Å²) in [6, 6.07) is 3.88. The first-order chi connectivity index (χ1) is 10.8. The number of benzene rings is 1. The predicted octanol–water partition coefficient (Wildman–Crippen LogP) is 1.97. The molecule has 1 aromatic carbocycles. The highest BCUT2D eigenvalue weighted by atomic mass is 19.4. The van der Waals surface area contributed by atoms with Crippen molar-refractivity contribution in [3.8, 4) is 12.3 Å². The van der Waals surface area contributed by atoms with Crippen molar-refractivity contribution in [3.05, 3.63) is 35.4 Å². The molecule has 4 nitrogen and oxygen atoms in total. The van der Waals surface area contributed by atoms with Gasteiger partial charge in [-0.15, -0.1) is 6.42 Å². The summed E-state index contributed by atoms with van der Waals surface area (Å²) in [4.78, 5) is 25.4. The van der Waals surface area contributed by atoms with Gasteiger partial charge in [0.25, 0.3) is 0 Å². The zero-order chi connectivity index (χ0) is 17.2. The Kier molecular flexibility index (Phi) is 4.64. The van der Waals surface area contributed by atoms with Crippen LogP contribution in [0.1, 0.15) is 23.6 Å². The van der Waals surface area contributed by atoms with Gasteiger partial charge >= 0.3 is 6.18 Å². The van der Waals surface area contributed by atoms with E-state index in [0.29, 0.717) is 5.56 Å². The van der Waals surface area contributed by atoms with Crippen LogP contribution in [0.4, 0.5) is 13.2 Å².